The van der Waals surface area contributed by atoms with Gasteiger partial charge in [0.1, 0.15) is 18.2 Å². The van der Waals surface area contributed by atoms with Crippen LogP contribution >= 0.6 is 35.7 Å². The number of ether oxygens (including phenoxy) is 1. The van der Waals surface area contributed by atoms with E-state index < -0.39 is 0 Å². The first-order valence-electron chi connectivity index (χ1n) is 6.65. The van der Waals surface area contributed by atoms with E-state index in [1.807, 2.05) is 6.92 Å². The molecule has 0 radical (unpaired) electrons. The summed E-state index contributed by atoms with van der Waals surface area (Å²) in [6.07, 6.45) is 2.06. The smallest absolute Gasteiger partial charge is 0.191 e. The molecule has 7 heteroatoms. The lowest BCUT2D eigenvalue weighted by molar-refractivity contribution is 0.320. The molecule has 1 aromatic carbocycles. The molecule has 21 heavy (non-hydrogen) atoms. The lowest BCUT2D eigenvalue weighted by Crippen LogP contribution is -2.39. The summed E-state index contributed by atoms with van der Waals surface area (Å²) in [7, 11) is 0. The Labute approximate surface area is 147 Å². The second-order valence-corrected chi connectivity index (χ2v) is 4.97. The van der Waals surface area contributed by atoms with Crippen LogP contribution in [0.2, 0.25) is 0 Å². The predicted octanol–water partition coefficient (Wildman–Crippen LogP) is 2.74. The zero-order chi connectivity index (χ0) is 14.6. The van der Waals surface area contributed by atoms with Gasteiger partial charge in [0.2, 0.25) is 0 Å². The molecule has 0 spiro atoms. The number of nitrogens with zero attached hydrogens (tertiary/aromatic N) is 1. The van der Waals surface area contributed by atoms with Crippen molar-refractivity contribution in [1.82, 2.24) is 10.6 Å². The van der Waals surface area contributed by atoms with Gasteiger partial charge in [-0.1, -0.05) is 6.07 Å². The van der Waals surface area contributed by atoms with E-state index in [0.717, 1.165) is 24.8 Å². The van der Waals surface area contributed by atoms with Gasteiger partial charge in [0, 0.05) is 18.4 Å². The van der Waals surface area contributed by atoms with E-state index in [1.165, 1.54) is 12.1 Å². The van der Waals surface area contributed by atoms with Crippen LogP contribution < -0.4 is 15.4 Å². The summed E-state index contributed by atoms with van der Waals surface area (Å²) >= 11 is 1.77. The molecule has 0 bridgehead atoms. The zero-order valence-corrected chi connectivity index (χ0v) is 15.5. The molecular formula is C14H23FIN3OS. The second-order valence-electron chi connectivity index (χ2n) is 3.99. The molecule has 0 fully saturated rings. The number of nitrogens with one attached hydrogen (secondary N) is 2. The van der Waals surface area contributed by atoms with Gasteiger partial charge in [0.05, 0.1) is 13.1 Å². The third-order valence-corrected chi connectivity index (χ3v) is 2.96. The Kier molecular flexibility index (Phi) is 12.6. The predicted molar refractivity (Wildman–Crippen MR) is 99.7 cm³/mol. The number of guanidine groups is 1. The van der Waals surface area contributed by atoms with Gasteiger partial charge >= 0.3 is 0 Å². The van der Waals surface area contributed by atoms with Gasteiger partial charge in [-0.15, -0.1) is 24.0 Å². The largest absolute Gasteiger partial charge is 0.492 e. The van der Waals surface area contributed by atoms with Crippen molar-refractivity contribution in [2.24, 2.45) is 4.99 Å². The van der Waals surface area contributed by atoms with Gasteiger partial charge in [-0.2, -0.15) is 11.8 Å². The number of hydrogen-bond donors (Lipinski definition) is 2. The maximum atomic E-state index is 13.0. The third kappa shape index (κ3) is 9.78. The van der Waals surface area contributed by atoms with Gasteiger partial charge in [-0.25, -0.2) is 4.39 Å². The SMILES string of the molecule is CCNC(=NCCSC)NCCOc1cccc(F)c1.I. The normalized spacial score (nSPS) is 10.7. The molecule has 0 aliphatic heterocycles. The molecule has 2 N–H and O–H groups in total. The molecule has 0 saturated carbocycles. The topological polar surface area (TPSA) is 45.7 Å². The van der Waals surface area contributed by atoms with Crippen molar-refractivity contribution in [2.45, 2.75) is 6.92 Å². The van der Waals surface area contributed by atoms with Crippen LogP contribution in [0.1, 0.15) is 6.92 Å². The Morgan fingerprint density at radius 3 is 2.86 bits per heavy atom. The Balaban J connectivity index is 0.00000400. The van der Waals surface area contributed by atoms with Crippen molar-refractivity contribution >= 4 is 41.7 Å². The number of benzene rings is 1. The monoisotopic (exact) mass is 427 g/mol. The molecule has 0 heterocycles. The molecule has 120 valence electrons. The van der Waals surface area contributed by atoms with E-state index in [4.69, 9.17) is 4.74 Å². The average molecular weight is 427 g/mol. The van der Waals surface area contributed by atoms with Gasteiger partial charge < -0.3 is 15.4 Å². The molecule has 0 aromatic heterocycles. The fourth-order valence-corrected chi connectivity index (χ4v) is 1.76. The van der Waals surface area contributed by atoms with Gasteiger partial charge in [0.15, 0.2) is 5.96 Å². The Hall–Kier alpha value is -0.700. The van der Waals surface area contributed by atoms with E-state index in [-0.39, 0.29) is 29.8 Å². The van der Waals surface area contributed by atoms with E-state index in [1.54, 1.807) is 23.9 Å². The molecule has 0 aliphatic carbocycles. The van der Waals surface area contributed by atoms with E-state index in [2.05, 4.69) is 21.9 Å². The quantitative estimate of drug-likeness (QED) is 0.290. The van der Waals surface area contributed by atoms with Crippen molar-refractivity contribution in [3.05, 3.63) is 30.1 Å². The Morgan fingerprint density at radius 1 is 1.38 bits per heavy atom. The highest BCUT2D eigenvalue weighted by molar-refractivity contribution is 14.0. The van der Waals surface area contributed by atoms with Crippen molar-refractivity contribution < 1.29 is 9.13 Å². The number of halogens is 2. The maximum absolute atomic E-state index is 13.0. The number of aliphatic imine (C=N–C) groups is 1. The van der Waals surface area contributed by atoms with Crippen LogP contribution in [0.5, 0.6) is 5.75 Å². The standard InChI is InChI=1S/C14H22FN3OS.HI/c1-3-16-14(18-8-10-20-2)17-7-9-19-13-6-4-5-12(15)11-13;/h4-6,11H,3,7-10H2,1-2H3,(H2,16,17,18);1H. The molecule has 4 nitrogen and oxygen atoms in total. The molecular weight excluding hydrogens is 404 g/mol. The molecule has 1 aromatic rings. The average Bonchev–Trinajstić information content (AvgIpc) is 2.44. The highest BCUT2D eigenvalue weighted by atomic mass is 127. The van der Waals surface area contributed by atoms with Crippen LogP contribution in [0, 0.1) is 5.82 Å². The minimum absolute atomic E-state index is 0. The van der Waals surface area contributed by atoms with Crippen LogP contribution in [0.3, 0.4) is 0 Å². The number of thioether (sulfide) groups is 1. The zero-order valence-electron chi connectivity index (χ0n) is 12.4. The van der Waals surface area contributed by atoms with Crippen molar-refractivity contribution in [2.75, 3.05) is 38.2 Å². The molecule has 0 atom stereocenters. The summed E-state index contributed by atoms with van der Waals surface area (Å²) in [5, 5.41) is 6.34. The number of hydrogen-bond acceptors (Lipinski definition) is 3. The first-order valence-corrected chi connectivity index (χ1v) is 8.05. The van der Waals surface area contributed by atoms with Crippen molar-refractivity contribution in [3.8, 4) is 5.75 Å². The molecule has 1 rings (SSSR count). The summed E-state index contributed by atoms with van der Waals surface area (Å²) in [5.74, 6) is 2.03. The molecule has 0 aliphatic rings. The van der Waals surface area contributed by atoms with Crippen LogP contribution in [0.25, 0.3) is 0 Å². The van der Waals surface area contributed by atoms with Crippen LogP contribution in [0.15, 0.2) is 29.3 Å². The first-order chi connectivity index (χ1) is 9.76. The Morgan fingerprint density at radius 2 is 2.19 bits per heavy atom. The lowest BCUT2D eigenvalue weighted by Gasteiger charge is -2.12. The number of rotatable bonds is 8. The van der Waals surface area contributed by atoms with Crippen LogP contribution in [-0.4, -0.2) is 44.2 Å². The molecule has 0 saturated heterocycles. The minimum Gasteiger partial charge on any atom is -0.492 e. The van der Waals surface area contributed by atoms with Gasteiger partial charge in [-0.3, -0.25) is 4.99 Å². The summed E-state index contributed by atoms with van der Waals surface area (Å²) < 4.78 is 18.4. The lowest BCUT2D eigenvalue weighted by atomic mass is 10.3. The van der Waals surface area contributed by atoms with Gasteiger partial charge in [0.25, 0.3) is 0 Å². The second kappa shape index (κ2) is 13.0. The highest BCUT2D eigenvalue weighted by Gasteiger charge is 1.98. The Bertz CT molecular complexity index is 421. The third-order valence-electron chi connectivity index (χ3n) is 2.37. The summed E-state index contributed by atoms with van der Waals surface area (Å²) in [4.78, 5) is 4.42. The maximum Gasteiger partial charge on any atom is 0.191 e. The molecule has 0 unspecified atom stereocenters. The van der Waals surface area contributed by atoms with E-state index >= 15 is 0 Å². The van der Waals surface area contributed by atoms with E-state index in [9.17, 15) is 4.39 Å². The highest BCUT2D eigenvalue weighted by Crippen LogP contribution is 2.11. The fraction of sp³-hybridized carbons (Fsp3) is 0.500. The fourth-order valence-electron chi connectivity index (χ4n) is 1.49. The van der Waals surface area contributed by atoms with Gasteiger partial charge in [-0.05, 0) is 25.3 Å². The van der Waals surface area contributed by atoms with Crippen LogP contribution in [0.4, 0.5) is 4.39 Å². The summed E-state index contributed by atoms with van der Waals surface area (Å²) in [5.41, 5.74) is 0. The first kappa shape index (κ1) is 20.3. The summed E-state index contributed by atoms with van der Waals surface area (Å²) in [6.45, 7) is 4.68. The minimum atomic E-state index is -0.289. The van der Waals surface area contributed by atoms with Crippen molar-refractivity contribution in [1.29, 1.82) is 0 Å². The molecule has 0 amide bonds. The van der Waals surface area contributed by atoms with Crippen molar-refractivity contribution in [3.63, 3.8) is 0 Å². The van der Waals surface area contributed by atoms with Crippen LogP contribution in [-0.2, 0) is 0 Å². The van der Waals surface area contributed by atoms with E-state index in [0.29, 0.717) is 18.9 Å². The summed E-state index contributed by atoms with van der Waals surface area (Å²) in [6, 6.07) is 6.14.